The van der Waals surface area contributed by atoms with Crippen molar-refractivity contribution in [3.63, 3.8) is 0 Å². The van der Waals surface area contributed by atoms with Gasteiger partial charge in [-0.05, 0) is 110 Å². The van der Waals surface area contributed by atoms with Crippen molar-refractivity contribution in [2.45, 2.75) is 94.9 Å². The van der Waals surface area contributed by atoms with Gasteiger partial charge in [-0.25, -0.2) is 0 Å². The molecule has 4 nitrogen and oxygen atoms in total. The molecule has 5 atom stereocenters. The zero-order chi connectivity index (χ0) is 34.3. The summed E-state index contributed by atoms with van der Waals surface area (Å²) in [4.78, 5) is 0. The summed E-state index contributed by atoms with van der Waals surface area (Å²) in [6, 6.07) is 14.0. The zero-order valence-corrected chi connectivity index (χ0v) is 26.2. The van der Waals surface area contributed by atoms with Gasteiger partial charge in [-0.15, -0.1) is 0 Å². The van der Waals surface area contributed by atoms with Crippen LogP contribution in [0.1, 0.15) is 68.1 Å². The highest BCUT2D eigenvalue weighted by molar-refractivity contribution is 5.41. The molecular weight excluding hydrogens is 643 g/mol. The number of ether oxygens (including phenoxy) is 4. The van der Waals surface area contributed by atoms with E-state index in [1.807, 2.05) is 37.3 Å². The van der Waals surface area contributed by atoms with Crippen molar-refractivity contribution in [2.75, 3.05) is 26.4 Å². The molecule has 0 amide bonds. The highest BCUT2D eigenvalue weighted by Crippen LogP contribution is 2.62. The summed E-state index contributed by atoms with van der Waals surface area (Å²) in [6.07, 6.45) is -16.0. The Balaban J connectivity index is 1.13. The summed E-state index contributed by atoms with van der Waals surface area (Å²) in [5.41, 5.74) is -2.80. The summed E-state index contributed by atoms with van der Waals surface area (Å²) in [5.74, 6) is 2.61. The van der Waals surface area contributed by atoms with Gasteiger partial charge in [0.15, 0.2) is 0 Å². The van der Waals surface area contributed by atoms with Crippen molar-refractivity contribution in [1.82, 2.24) is 0 Å². The molecule has 5 rings (SSSR count). The normalized spacial score (nSPS) is 26.4. The Kier molecular flexibility index (Phi) is 10.1. The van der Waals surface area contributed by atoms with Gasteiger partial charge in [-0.2, -0.15) is 39.5 Å². The van der Waals surface area contributed by atoms with E-state index in [1.165, 1.54) is 11.1 Å². The van der Waals surface area contributed by atoms with Crippen molar-refractivity contribution in [1.29, 1.82) is 0 Å². The Morgan fingerprint density at radius 3 is 1.98 bits per heavy atom. The topological polar surface area (TPSA) is 36.9 Å². The monoisotopic (exact) mass is 682 g/mol. The summed E-state index contributed by atoms with van der Waals surface area (Å²) in [5, 5.41) is 0. The van der Waals surface area contributed by atoms with Crippen LogP contribution in [0.3, 0.4) is 0 Å². The van der Waals surface area contributed by atoms with Crippen molar-refractivity contribution in [2.24, 2.45) is 17.3 Å². The van der Waals surface area contributed by atoms with E-state index in [9.17, 15) is 39.5 Å². The molecule has 0 aliphatic heterocycles. The number of aryl methyl sites for hydroxylation is 2. The summed E-state index contributed by atoms with van der Waals surface area (Å²) < 4.78 is 139. The number of hydrogen-bond acceptors (Lipinski definition) is 4. The van der Waals surface area contributed by atoms with E-state index in [4.69, 9.17) is 14.2 Å². The van der Waals surface area contributed by atoms with Crippen LogP contribution in [0.15, 0.2) is 42.5 Å². The number of alkyl halides is 9. The van der Waals surface area contributed by atoms with Gasteiger partial charge in [-0.1, -0.05) is 30.7 Å². The SMILES string of the molecule is Cc1ccc(OCCOc2ccc3c(c2)CC[C@@H]2[C@@H]3CC[C@]3(C)[C@@H](OCCCOC(C(F)(F)F)(C(F)(F)F)C(F)(F)F)CC[C@@H]23)cc1. The van der Waals surface area contributed by atoms with Gasteiger partial charge in [-0.3, -0.25) is 0 Å². The van der Waals surface area contributed by atoms with Crippen LogP contribution in [0.2, 0.25) is 0 Å². The molecule has 2 fully saturated rings. The molecule has 0 saturated heterocycles. The zero-order valence-electron chi connectivity index (χ0n) is 26.2. The molecule has 0 N–H and O–H groups in total. The average Bonchev–Trinajstić information content (AvgIpc) is 3.31. The minimum absolute atomic E-state index is 0.256. The van der Waals surface area contributed by atoms with Crippen LogP contribution in [-0.4, -0.2) is 56.7 Å². The number of halogens is 9. The van der Waals surface area contributed by atoms with Gasteiger partial charge < -0.3 is 18.9 Å². The Bertz CT molecular complexity index is 1320. The molecule has 262 valence electrons. The Morgan fingerprint density at radius 1 is 0.723 bits per heavy atom. The summed E-state index contributed by atoms with van der Waals surface area (Å²) in [7, 11) is 0. The third-order valence-corrected chi connectivity index (χ3v) is 10.4. The van der Waals surface area contributed by atoms with Crippen LogP contribution in [0.5, 0.6) is 11.5 Å². The second kappa shape index (κ2) is 13.3. The first-order chi connectivity index (χ1) is 22.0. The quantitative estimate of drug-likeness (QED) is 0.175. The van der Waals surface area contributed by atoms with Crippen molar-refractivity contribution < 1.29 is 58.5 Å². The third kappa shape index (κ3) is 6.93. The maximum atomic E-state index is 13.1. The molecule has 0 bridgehead atoms. The molecule has 0 unspecified atom stereocenters. The molecule has 0 spiro atoms. The van der Waals surface area contributed by atoms with Crippen LogP contribution in [0.4, 0.5) is 39.5 Å². The highest BCUT2D eigenvalue weighted by atomic mass is 19.4. The van der Waals surface area contributed by atoms with E-state index in [0.717, 1.165) is 49.2 Å². The Hall–Kier alpha value is -2.67. The first-order valence-corrected chi connectivity index (χ1v) is 15.9. The molecule has 2 saturated carbocycles. The molecule has 2 aromatic rings. The predicted octanol–water partition coefficient (Wildman–Crippen LogP) is 9.53. The summed E-state index contributed by atoms with van der Waals surface area (Å²) >= 11 is 0. The van der Waals surface area contributed by atoms with Gasteiger partial charge in [0, 0.05) is 6.61 Å². The van der Waals surface area contributed by atoms with Crippen molar-refractivity contribution >= 4 is 0 Å². The van der Waals surface area contributed by atoms with Gasteiger partial charge in [0.2, 0.25) is 0 Å². The lowest BCUT2D eigenvalue weighted by atomic mass is 9.55. The molecule has 0 heterocycles. The molecule has 13 heteroatoms. The maximum Gasteiger partial charge on any atom is 0.435 e. The lowest BCUT2D eigenvalue weighted by Crippen LogP contribution is -2.67. The lowest BCUT2D eigenvalue weighted by Gasteiger charge is -2.50. The van der Waals surface area contributed by atoms with Crippen LogP contribution in [0.25, 0.3) is 0 Å². The van der Waals surface area contributed by atoms with Crippen LogP contribution in [0, 0.1) is 24.2 Å². The van der Waals surface area contributed by atoms with E-state index < -0.39 is 37.2 Å². The first-order valence-electron chi connectivity index (χ1n) is 15.9. The highest BCUT2D eigenvalue weighted by Gasteiger charge is 2.85. The number of rotatable bonds is 11. The van der Waals surface area contributed by atoms with Crippen molar-refractivity contribution in [3.05, 3.63) is 59.2 Å². The van der Waals surface area contributed by atoms with Gasteiger partial charge in [0.1, 0.15) is 24.7 Å². The number of hydrogen-bond donors (Lipinski definition) is 0. The average molecular weight is 683 g/mol. The molecule has 0 radical (unpaired) electrons. The van der Waals surface area contributed by atoms with Crippen molar-refractivity contribution in [3.8, 4) is 11.5 Å². The van der Waals surface area contributed by atoms with Crippen LogP contribution < -0.4 is 9.47 Å². The molecule has 2 aromatic carbocycles. The second-order valence-corrected chi connectivity index (χ2v) is 13.1. The number of fused-ring (bicyclic) bond motifs is 5. The van der Waals surface area contributed by atoms with E-state index in [2.05, 4.69) is 23.8 Å². The van der Waals surface area contributed by atoms with Crippen LogP contribution in [-0.2, 0) is 15.9 Å². The molecule has 0 aromatic heterocycles. The fourth-order valence-electron chi connectivity index (χ4n) is 8.07. The minimum atomic E-state index is -6.74. The fourth-order valence-corrected chi connectivity index (χ4v) is 8.07. The molecule has 3 aliphatic carbocycles. The van der Waals surface area contributed by atoms with E-state index in [0.29, 0.717) is 37.4 Å². The fraction of sp³-hybridized carbons (Fsp3) is 0.647. The largest absolute Gasteiger partial charge is 0.490 e. The molecule has 47 heavy (non-hydrogen) atoms. The summed E-state index contributed by atoms with van der Waals surface area (Å²) in [6.45, 7) is 3.20. The van der Waals surface area contributed by atoms with Gasteiger partial charge >= 0.3 is 24.1 Å². The first kappa shape index (κ1) is 35.6. The maximum absolute atomic E-state index is 13.1. The smallest absolute Gasteiger partial charge is 0.435 e. The lowest BCUT2D eigenvalue weighted by molar-refractivity contribution is -0.457. The van der Waals surface area contributed by atoms with E-state index >= 15 is 0 Å². The third-order valence-electron chi connectivity index (χ3n) is 10.4. The Labute approximate surface area is 267 Å². The van der Waals surface area contributed by atoms with Gasteiger partial charge in [0.25, 0.3) is 0 Å². The van der Waals surface area contributed by atoms with Gasteiger partial charge in [0.05, 0.1) is 12.7 Å². The molecule has 3 aliphatic rings. The predicted molar refractivity (Wildman–Crippen MR) is 154 cm³/mol. The minimum Gasteiger partial charge on any atom is -0.490 e. The van der Waals surface area contributed by atoms with E-state index in [-0.39, 0.29) is 18.1 Å². The second-order valence-electron chi connectivity index (χ2n) is 13.1. The number of benzene rings is 2. The Morgan fingerprint density at radius 2 is 1.34 bits per heavy atom. The van der Waals surface area contributed by atoms with E-state index in [1.54, 1.807) is 0 Å². The standard InChI is InChI=1S/C34H39F9O4/c1-21-4-7-23(8-5-21)44-18-19-45-24-9-11-25-22(20-24)6-10-27-26(25)14-15-30(2)28(27)12-13-29(30)46-16-3-17-47-31(32(35,36)37,33(38,39)40)34(41,42)43/h4-5,7-9,11,20,26-29H,3,6,10,12-19H2,1-2H3/t26-,27-,28+,29+,30+/m1/s1. The van der Waals surface area contributed by atoms with Crippen LogP contribution >= 0.6 is 0 Å². The molecular formula is C34H39F9O4.